The highest BCUT2D eigenvalue weighted by atomic mass is 16.2. The average molecular weight is 291 g/mol. The number of H-pyrrole nitrogens is 1. The molecule has 1 saturated carbocycles. The van der Waals surface area contributed by atoms with E-state index in [4.69, 9.17) is 10.8 Å². The minimum atomic E-state index is -0.301. The first-order valence-corrected chi connectivity index (χ1v) is 7.28. The molecule has 1 aliphatic carbocycles. The number of nitrogens with two attached hydrogens (primary N) is 1. The quantitative estimate of drug-likeness (QED) is 0.780. The van der Waals surface area contributed by atoms with Gasteiger partial charge in [0.25, 0.3) is 5.56 Å². The lowest BCUT2D eigenvalue weighted by Crippen LogP contribution is -2.46. The second-order valence-electron chi connectivity index (χ2n) is 6.41. The molecule has 2 aromatic heterocycles. The maximum absolute atomic E-state index is 11.8. The SMILES string of the molecule is CC1(C)[C@@H](CCCO)C[C@H]1n1cnc2c(=O)[nH]c(N)nc21. The van der Waals surface area contributed by atoms with Crippen molar-refractivity contribution in [3.05, 3.63) is 16.7 Å². The van der Waals surface area contributed by atoms with Gasteiger partial charge in [0, 0.05) is 12.6 Å². The number of nitrogen functional groups attached to an aromatic ring is 1. The molecule has 0 spiro atoms. The molecule has 4 N–H and O–H groups in total. The fourth-order valence-corrected chi connectivity index (χ4v) is 3.46. The van der Waals surface area contributed by atoms with E-state index in [1.54, 1.807) is 6.33 Å². The van der Waals surface area contributed by atoms with E-state index in [1.165, 1.54) is 0 Å². The van der Waals surface area contributed by atoms with E-state index in [9.17, 15) is 4.79 Å². The molecule has 0 aliphatic heterocycles. The van der Waals surface area contributed by atoms with E-state index in [0.29, 0.717) is 17.1 Å². The number of rotatable bonds is 4. The first-order valence-electron chi connectivity index (χ1n) is 7.28. The van der Waals surface area contributed by atoms with E-state index in [-0.39, 0.29) is 29.6 Å². The smallest absolute Gasteiger partial charge is 0.280 e. The topological polar surface area (TPSA) is 110 Å². The molecule has 2 atom stereocenters. The lowest BCUT2D eigenvalue weighted by Gasteiger charge is -2.53. The summed E-state index contributed by atoms with van der Waals surface area (Å²) >= 11 is 0. The van der Waals surface area contributed by atoms with Crippen molar-refractivity contribution < 1.29 is 5.11 Å². The third kappa shape index (κ3) is 2.12. The van der Waals surface area contributed by atoms with Crippen LogP contribution >= 0.6 is 0 Å². The Morgan fingerprint density at radius 2 is 2.33 bits per heavy atom. The van der Waals surface area contributed by atoms with Gasteiger partial charge in [-0.1, -0.05) is 13.8 Å². The molecular weight excluding hydrogens is 270 g/mol. The van der Waals surface area contributed by atoms with Gasteiger partial charge in [-0.15, -0.1) is 0 Å². The van der Waals surface area contributed by atoms with Crippen molar-refractivity contribution >= 4 is 17.1 Å². The first kappa shape index (κ1) is 14.1. The van der Waals surface area contributed by atoms with Crippen molar-refractivity contribution in [1.29, 1.82) is 0 Å². The molecule has 0 amide bonds. The normalized spacial score (nSPS) is 24.1. The van der Waals surface area contributed by atoms with E-state index >= 15 is 0 Å². The lowest BCUT2D eigenvalue weighted by atomic mass is 9.57. The summed E-state index contributed by atoms with van der Waals surface area (Å²) in [6.45, 7) is 4.66. The second-order valence-corrected chi connectivity index (χ2v) is 6.41. The number of hydrogen-bond acceptors (Lipinski definition) is 5. The van der Waals surface area contributed by atoms with Gasteiger partial charge >= 0.3 is 0 Å². The molecule has 7 nitrogen and oxygen atoms in total. The minimum absolute atomic E-state index is 0.0852. The van der Waals surface area contributed by atoms with Crippen LogP contribution in [-0.2, 0) is 0 Å². The zero-order valence-corrected chi connectivity index (χ0v) is 12.3. The predicted octanol–water partition coefficient (Wildman–Crippen LogP) is 1.06. The van der Waals surface area contributed by atoms with Gasteiger partial charge in [0.05, 0.1) is 6.33 Å². The molecule has 0 unspecified atom stereocenters. The van der Waals surface area contributed by atoms with Crippen LogP contribution < -0.4 is 11.3 Å². The molecule has 1 fully saturated rings. The molecule has 7 heteroatoms. The van der Waals surface area contributed by atoms with Crippen LogP contribution in [0.3, 0.4) is 0 Å². The molecule has 114 valence electrons. The first-order chi connectivity index (χ1) is 9.95. The van der Waals surface area contributed by atoms with Gasteiger partial charge < -0.3 is 15.4 Å². The van der Waals surface area contributed by atoms with Crippen molar-refractivity contribution in [1.82, 2.24) is 19.5 Å². The van der Waals surface area contributed by atoms with Crippen LogP contribution in [0.15, 0.2) is 11.1 Å². The molecular formula is C14H21N5O2. The zero-order chi connectivity index (χ0) is 15.2. The molecule has 0 radical (unpaired) electrons. The van der Waals surface area contributed by atoms with Crippen LogP contribution in [-0.4, -0.2) is 31.2 Å². The summed E-state index contributed by atoms with van der Waals surface area (Å²) in [7, 11) is 0. The van der Waals surface area contributed by atoms with Crippen LogP contribution in [0.1, 0.15) is 39.2 Å². The van der Waals surface area contributed by atoms with Crippen LogP contribution in [0.4, 0.5) is 5.95 Å². The van der Waals surface area contributed by atoms with E-state index in [2.05, 4.69) is 28.8 Å². The molecule has 1 aliphatic rings. The molecule has 0 bridgehead atoms. The fraction of sp³-hybridized carbons (Fsp3) is 0.643. The van der Waals surface area contributed by atoms with Gasteiger partial charge in [0.15, 0.2) is 11.2 Å². The number of hydrogen-bond donors (Lipinski definition) is 3. The van der Waals surface area contributed by atoms with Crippen molar-refractivity contribution in [3.63, 3.8) is 0 Å². The second kappa shape index (κ2) is 4.84. The Bertz CT molecular complexity index is 718. The standard InChI is InChI=1S/C14H21N5O2/c1-14(2)8(4-3-5-20)6-9(14)19-7-16-10-11(19)17-13(15)18-12(10)21/h7-9,20H,3-6H2,1-2H3,(H3,15,17,18,21)/t8-,9+/m0/s1. The number of aromatic nitrogens is 4. The Labute approximate surface area is 122 Å². The van der Waals surface area contributed by atoms with Gasteiger partial charge in [0.1, 0.15) is 0 Å². The van der Waals surface area contributed by atoms with Crippen molar-refractivity contribution in [3.8, 4) is 0 Å². The molecule has 0 saturated heterocycles. The maximum Gasteiger partial charge on any atom is 0.280 e. The summed E-state index contributed by atoms with van der Waals surface area (Å²) in [6.07, 6.45) is 4.53. The Morgan fingerprint density at radius 1 is 1.57 bits per heavy atom. The lowest BCUT2D eigenvalue weighted by molar-refractivity contribution is -0.0162. The third-order valence-corrected chi connectivity index (χ3v) is 4.92. The van der Waals surface area contributed by atoms with Crippen molar-refractivity contribution in [2.45, 2.75) is 39.2 Å². The Morgan fingerprint density at radius 3 is 3.00 bits per heavy atom. The molecule has 2 aromatic rings. The zero-order valence-electron chi connectivity index (χ0n) is 12.3. The molecule has 0 aromatic carbocycles. The van der Waals surface area contributed by atoms with Gasteiger partial charge in [-0.05, 0) is 30.6 Å². The highest BCUT2D eigenvalue weighted by Gasteiger charge is 2.48. The number of aliphatic hydroxyl groups excluding tert-OH is 1. The summed E-state index contributed by atoms with van der Waals surface area (Å²) in [6, 6.07) is 0.250. The van der Waals surface area contributed by atoms with Crippen LogP contribution in [0.25, 0.3) is 11.2 Å². The largest absolute Gasteiger partial charge is 0.396 e. The number of nitrogens with one attached hydrogen (secondary N) is 1. The van der Waals surface area contributed by atoms with Gasteiger partial charge in [-0.3, -0.25) is 9.78 Å². The summed E-state index contributed by atoms with van der Waals surface area (Å²) in [4.78, 5) is 22.7. The summed E-state index contributed by atoms with van der Waals surface area (Å²) in [5.74, 6) is 0.676. The van der Waals surface area contributed by atoms with Gasteiger partial charge in [0.2, 0.25) is 5.95 Å². The molecule has 21 heavy (non-hydrogen) atoms. The predicted molar refractivity (Wildman–Crippen MR) is 79.8 cm³/mol. The highest BCUT2D eigenvalue weighted by Crippen LogP contribution is 2.56. The van der Waals surface area contributed by atoms with E-state index in [0.717, 1.165) is 19.3 Å². The number of fused-ring (bicyclic) bond motifs is 1. The Kier molecular flexibility index (Phi) is 3.24. The maximum atomic E-state index is 11.8. The monoisotopic (exact) mass is 291 g/mol. The number of nitrogens with zero attached hydrogens (tertiary/aromatic N) is 3. The highest BCUT2D eigenvalue weighted by molar-refractivity contribution is 5.70. The number of aromatic amines is 1. The van der Waals surface area contributed by atoms with E-state index < -0.39 is 0 Å². The van der Waals surface area contributed by atoms with Crippen molar-refractivity contribution in [2.75, 3.05) is 12.3 Å². The van der Waals surface area contributed by atoms with Crippen molar-refractivity contribution in [2.24, 2.45) is 11.3 Å². The molecule has 2 heterocycles. The van der Waals surface area contributed by atoms with Crippen LogP contribution in [0.2, 0.25) is 0 Å². The Hall–Kier alpha value is -1.89. The average Bonchev–Trinajstić information content (AvgIpc) is 2.81. The van der Waals surface area contributed by atoms with E-state index in [1.807, 2.05) is 4.57 Å². The fourth-order valence-electron chi connectivity index (χ4n) is 3.46. The third-order valence-electron chi connectivity index (χ3n) is 4.92. The summed E-state index contributed by atoms with van der Waals surface area (Å²) in [5.41, 5.74) is 6.30. The molecule has 3 rings (SSSR count). The number of imidazole rings is 1. The summed E-state index contributed by atoms with van der Waals surface area (Å²) in [5, 5.41) is 8.98. The van der Waals surface area contributed by atoms with Crippen LogP contribution in [0.5, 0.6) is 0 Å². The van der Waals surface area contributed by atoms with Crippen LogP contribution in [0, 0.1) is 11.3 Å². The Balaban J connectivity index is 1.94. The van der Waals surface area contributed by atoms with Gasteiger partial charge in [-0.2, -0.15) is 4.98 Å². The number of anilines is 1. The van der Waals surface area contributed by atoms with Gasteiger partial charge in [-0.25, -0.2) is 4.98 Å². The number of aliphatic hydroxyl groups is 1. The minimum Gasteiger partial charge on any atom is -0.396 e. The summed E-state index contributed by atoms with van der Waals surface area (Å²) < 4.78 is 1.97.